The highest BCUT2D eigenvalue weighted by atomic mass is 35.5. The predicted octanol–water partition coefficient (Wildman–Crippen LogP) is 6.22. The third-order valence-corrected chi connectivity index (χ3v) is 5.33. The highest BCUT2D eigenvalue weighted by Gasteiger charge is 2.14. The second-order valence-electron chi connectivity index (χ2n) is 7.20. The van der Waals surface area contributed by atoms with Gasteiger partial charge in [-0.3, -0.25) is 4.79 Å². The van der Waals surface area contributed by atoms with Crippen LogP contribution >= 0.6 is 11.6 Å². The Morgan fingerprint density at radius 2 is 1.76 bits per heavy atom. The number of carbonyl (C=O) groups excluding carboxylic acids is 1. The number of fused-ring (bicyclic) bond motifs is 1. The average molecular weight is 463 g/mol. The molecule has 0 unspecified atom stereocenters. The Balaban J connectivity index is 1.69. The van der Waals surface area contributed by atoms with Crippen LogP contribution in [0.4, 0.5) is 5.69 Å². The summed E-state index contributed by atoms with van der Waals surface area (Å²) in [5, 5.41) is 4.28. The first-order valence-corrected chi connectivity index (χ1v) is 10.8. The van der Waals surface area contributed by atoms with Gasteiger partial charge >= 0.3 is 0 Å². The van der Waals surface area contributed by atoms with E-state index in [1.165, 1.54) is 0 Å². The highest BCUT2D eigenvalue weighted by Crippen LogP contribution is 2.33. The lowest BCUT2D eigenvalue weighted by molar-refractivity contribution is 0.102. The van der Waals surface area contributed by atoms with E-state index in [4.69, 9.17) is 30.8 Å². The lowest BCUT2D eigenvalue weighted by atomic mass is 10.1. The van der Waals surface area contributed by atoms with Crippen molar-refractivity contribution in [1.29, 1.82) is 0 Å². The fraction of sp³-hybridized carbons (Fsp3) is 0.154. The monoisotopic (exact) mass is 462 g/mol. The number of anilines is 1. The van der Waals surface area contributed by atoms with E-state index in [9.17, 15) is 4.79 Å². The van der Waals surface area contributed by atoms with Crippen LogP contribution in [-0.4, -0.2) is 31.7 Å². The van der Waals surface area contributed by atoms with Gasteiger partial charge in [-0.25, -0.2) is 4.98 Å². The lowest BCUT2D eigenvalue weighted by Gasteiger charge is -2.13. The summed E-state index contributed by atoms with van der Waals surface area (Å²) in [7, 11) is 3.11. The van der Waals surface area contributed by atoms with Gasteiger partial charge in [0.1, 0.15) is 5.75 Å². The van der Waals surface area contributed by atoms with Crippen molar-refractivity contribution in [3.63, 3.8) is 0 Å². The zero-order valence-electron chi connectivity index (χ0n) is 18.5. The summed E-state index contributed by atoms with van der Waals surface area (Å²) in [4.78, 5) is 17.7. The van der Waals surface area contributed by atoms with Gasteiger partial charge in [0, 0.05) is 39.4 Å². The molecule has 0 atom stereocenters. The Kier molecular flexibility index (Phi) is 6.66. The molecule has 1 N–H and O–H groups in total. The number of pyridine rings is 1. The zero-order valence-corrected chi connectivity index (χ0v) is 19.3. The summed E-state index contributed by atoms with van der Waals surface area (Å²) in [5.41, 5.74) is 3.43. The lowest BCUT2D eigenvalue weighted by Crippen LogP contribution is -2.12. The molecule has 4 rings (SSSR count). The van der Waals surface area contributed by atoms with Crippen LogP contribution in [-0.2, 0) is 0 Å². The Morgan fingerprint density at radius 1 is 0.939 bits per heavy atom. The molecule has 7 heteroatoms. The number of halogens is 1. The molecule has 4 aromatic rings. The maximum Gasteiger partial charge on any atom is 0.255 e. The molecule has 0 radical (unpaired) electrons. The molecule has 1 aromatic heterocycles. The number of carbonyl (C=O) groups is 1. The summed E-state index contributed by atoms with van der Waals surface area (Å²) in [5.74, 6) is 1.51. The van der Waals surface area contributed by atoms with Gasteiger partial charge in [-0.15, -0.1) is 0 Å². The van der Waals surface area contributed by atoms with Crippen LogP contribution in [0.25, 0.3) is 22.2 Å². The molecule has 168 valence electrons. The van der Waals surface area contributed by atoms with Crippen LogP contribution in [0.2, 0.25) is 5.02 Å². The normalized spacial score (nSPS) is 10.7. The van der Waals surface area contributed by atoms with Crippen molar-refractivity contribution in [2.45, 2.75) is 6.92 Å². The van der Waals surface area contributed by atoms with Gasteiger partial charge in [-0.2, -0.15) is 0 Å². The van der Waals surface area contributed by atoms with E-state index >= 15 is 0 Å². The van der Waals surface area contributed by atoms with E-state index in [2.05, 4.69) is 5.32 Å². The third kappa shape index (κ3) is 4.86. The summed E-state index contributed by atoms with van der Waals surface area (Å²) in [6, 6.07) is 19.9. The third-order valence-electron chi connectivity index (χ3n) is 5.09. The fourth-order valence-electron chi connectivity index (χ4n) is 3.52. The molecule has 3 aromatic carbocycles. The van der Waals surface area contributed by atoms with Crippen molar-refractivity contribution in [1.82, 2.24) is 4.98 Å². The second kappa shape index (κ2) is 9.79. The molecule has 0 bridgehead atoms. The number of hydrogen-bond acceptors (Lipinski definition) is 5. The van der Waals surface area contributed by atoms with Crippen LogP contribution in [0.5, 0.6) is 17.2 Å². The molecule has 33 heavy (non-hydrogen) atoms. The Bertz CT molecular complexity index is 1320. The Morgan fingerprint density at radius 3 is 2.48 bits per heavy atom. The quantitative estimate of drug-likeness (QED) is 0.353. The number of aromatic nitrogens is 1. The number of nitrogens with zero attached hydrogens (tertiary/aromatic N) is 1. The molecule has 1 heterocycles. The van der Waals surface area contributed by atoms with Crippen LogP contribution in [0, 0.1) is 0 Å². The summed E-state index contributed by atoms with van der Waals surface area (Å²) in [6.07, 6.45) is 0. The molecule has 1 amide bonds. The van der Waals surface area contributed by atoms with E-state index in [1.807, 2.05) is 43.3 Å². The van der Waals surface area contributed by atoms with Crippen LogP contribution in [0.3, 0.4) is 0 Å². The first-order valence-electron chi connectivity index (χ1n) is 10.4. The summed E-state index contributed by atoms with van der Waals surface area (Å²) < 4.78 is 16.4. The summed E-state index contributed by atoms with van der Waals surface area (Å²) >= 11 is 6.15. The number of hydrogen-bond donors (Lipinski definition) is 1. The van der Waals surface area contributed by atoms with Crippen LogP contribution < -0.4 is 19.5 Å². The Hall–Kier alpha value is -3.77. The van der Waals surface area contributed by atoms with E-state index < -0.39 is 0 Å². The van der Waals surface area contributed by atoms with E-state index in [-0.39, 0.29) is 5.91 Å². The van der Waals surface area contributed by atoms with Gasteiger partial charge in [0.15, 0.2) is 11.5 Å². The molecule has 0 aliphatic heterocycles. The number of benzene rings is 3. The number of rotatable bonds is 7. The fourth-order valence-corrected chi connectivity index (χ4v) is 3.71. The zero-order chi connectivity index (χ0) is 23.4. The number of ether oxygens (including phenoxy) is 3. The molecule has 0 aliphatic rings. The molecular formula is C26H23ClN2O4. The second-order valence-corrected chi connectivity index (χ2v) is 7.64. The minimum Gasteiger partial charge on any atom is -0.493 e. The SMILES string of the molecule is CCOc1cc(-c2cccc(Cl)c2)nc2ccc(C(=O)Nc3ccc(OC)c(OC)c3)cc12. The molecule has 0 fully saturated rings. The molecule has 0 spiro atoms. The van der Waals surface area contributed by atoms with E-state index in [0.29, 0.717) is 40.1 Å². The first-order chi connectivity index (χ1) is 16.0. The molecule has 0 saturated heterocycles. The largest absolute Gasteiger partial charge is 0.493 e. The molecule has 0 aliphatic carbocycles. The van der Waals surface area contributed by atoms with Crippen molar-refractivity contribution in [2.24, 2.45) is 0 Å². The standard InChI is InChI=1S/C26H23ClN2O4/c1-4-33-24-15-22(16-6-5-7-18(27)12-16)29-21-10-8-17(13-20(21)24)26(30)28-19-9-11-23(31-2)25(14-19)32-3/h5-15H,4H2,1-3H3,(H,28,30). The van der Waals surface area contributed by atoms with Gasteiger partial charge < -0.3 is 19.5 Å². The van der Waals surface area contributed by atoms with Gasteiger partial charge in [0.2, 0.25) is 0 Å². The highest BCUT2D eigenvalue weighted by molar-refractivity contribution is 6.30. The van der Waals surface area contributed by atoms with Crippen LogP contribution in [0.1, 0.15) is 17.3 Å². The van der Waals surface area contributed by atoms with E-state index in [0.717, 1.165) is 22.2 Å². The van der Waals surface area contributed by atoms with Crippen LogP contribution in [0.15, 0.2) is 66.7 Å². The smallest absolute Gasteiger partial charge is 0.255 e. The minimum atomic E-state index is -0.259. The maximum atomic E-state index is 12.9. The van der Waals surface area contributed by atoms with Crippen molar-refractivity contribution in [3.8, 4) is 28.5 Å². The van der Waals surface area contributed by atoms with Gasteiger partial charge in [0.25, 0.3) is 5.91 Å². The van der Waals surface area contributed by atoms with Crippen molar-refractivity contribution in [3.05, 3.63) is 77.3 Å². The van der Waals surface area contributed by atoms with Crippen molar-refractivity contribution < 1.29 is 19.0 Å². The van der Waals surface area contributed by atoms with Crippen molar-refractivity contribution >= 4 is 34.1 Å². The van der Waals surface area contributed by atoms with E-state index in [1.54, 1.807) is 44.6 Å². The maximum absolute atomic E-state index is 12.9. The van der Waals surface area contributed by atoms with Crippen molar-refractivity contribution in [2.75, 3.05) is 26.1 Å². The number of amides is 1. The van der Waals surface area contributed by atoms with Gasteiger partial charge in [0.05, 0.1) is 32.0 Å². The average Bonchev–Trinajstić information content (AvgIpc) is 2.83. The topological polar surface area (TPSA) is 69.7 Å². The molecule has 6 nitrogen and oxygen atoms in total. The molecular weight excluding hydrogens is 440 g/mol. The summed E-state index contributed by atoms with van der Waals surface area (Å²) in [6.45, 7) is 2.40. The number of nitrogens with one attached hydrogen (secondary N) is 1. The van der Waals surface area contributed by atoms with Gasteiger partial charge in [-0.1, -0.05) is 23.7 Å². The molecule has 0 saturated carbocycles. The van der Waals surface area contributed by atoms with Gasteiger partial charge in [-0.05, 0) is 49.4 Å². The minimum absolute atomic E-state index is 0.259. The predicted molar refractivity (Wildman–Crippen MR) is 131 cm³/mol. The number of methoxy groups -OCH3 is 2. The Labute approximate surface area is 197 Å². The first kappa shape index (κ1) is 22.4.